The molecule has 1 aromatic rings. The zero-order valence-electron chi connectivity index (χ0n) is 8.40. The summed E-state index contributed by atoms with van der Waals surface area (Å²) in [6.45, 7) is 1.51. The standard InChI is InChI=1S/C12H13NO.ClH/c14-12-6-7-13-9-11(12)8-10-4-2-1-3-5-10;/h1-5,8,13H,6-7,9H2;1H/b11-8+;. The van der Waals surface area contributed by atoms with Crippen LogP contribution in [-0.2, 0) is 4.79 Å². The van der Waals surface area contributed by atoms with Crippen molar-refractivity contribution in [3.8, 4) is 0 Å². The van der Waals surface area contributed by atoms with Gasteiger partial charge in [-0.15, -0.1) is 12.4 Å². The summed E-state index contributed by atoms with van der Waals surface area (Å²) in [6.07, 6.45) is 2.59. The van der Waals surface area contributed by atoms with Gasteiger partial charge in [0.1, 0.15) is 0 Å². The molecule has 1 aliphatic rings. The molecule has 0 saturated carbocycles. The van der Waals surface area contributed by atoms with Crippen LogP contribution in [0.25, 0.3) is 6.08 Å². The number of Topliss-reactive ketones (excluding diaryl/α,β-unsaturated/α-hetero) is 1. The van der Waals surface area contributed by atoms with Crippen molar-refractivity contribution >= 4 is 24.3 Å². The van der Waals surface area contributed by atoms with Gasteiger partial charge in [0.25, 0.3) is 0 Å². The van der Waals surface area contributed by atoms with E-state index in [9.17, 15) is 4.79 Å². The average molecular weight is 224 g/mol. The van der Waals surface area contributed by atoms with E-state index in [0.29, 0.717) is 13.0 Å². The second-order valence-electron chi connectivity index (χ2n) is 3.43. The molecule has 15 heavy (non-hydrogen) atoms. The van der Waals surface area contributed by atoms with Crippen molar-refractivity contribution in [2.24, 2.45) is 0 Å². The number of halogens is 1. The van der Waals surface area contributed by atoms with Crippen molar-refractivity contribution in [1.29, 1.82) is 0 Å². The highest BCUT2D eigenvalue weighted by Crippen LogP contribution is 2.10. The molecule has 0 atom stereocenters. The molecular formula is C12H14ClNO. The molecule has 0 amide bonds. The van der Waals surface area contributed by atoms with Crippen LogP contribution in [0.5, 0.6) is 0 Å². The number of carbonyl (C=O) groups is 1. The molecule has 1 heterocycles. The van der Waals surface area contributed by atoms with Crippen molar-refractivity contribution < 1.29 is 4.79 Å². The summed E-state index contributed by atoms with van der Waals surface area (Å²) in [4.78, 5) is 11.5. The summed E-state index contributed by atoms with van der Waals surface area (Å²) < 4.78 is 0. The minimum atomic E-state index is 0. The SMILES string of the molecule is Cl.O=C1CCNC/C1=C\c1ccccc1. The number of carbonyl (C=O) groups excluding carboxylic acids is 1. The van der Waals surface area contributed by atoms with Gasteiger partial charge in [-0.25, -0.2) is 0 Å². The Bertz CT molecular complexity index is 359. The Kier molecular flexibility index (Phi) is 4.53. The maximum Gasteiger partial charge on any atom is 0.161 e. The second-order valence-corrected chi connectivity index (χ2v) is 3.43. The van der Waals surface area contributed by atoms with Crippen LogP contribution in [0.4, 0.5) is 0 Å². The summed E-state index contributed by atoms with van der Waals surface area (Å²) >= 11 is 0. The summed E-state index contributed by atoms with van der Waals surface area (Å²) in [7, 11) is 0. The fourth-order valence-corrected chi connectivity index (χ4v) is 1.57. The zero-order chi connectivity index (χ0) is 9.80. The Labute approximate surface area is 95.8 Å². The van der Waals surface area contributed by atoms with Gasteiger partial charge in [0.2, 0.25) is 0 Å². The Hall–Kier alpha value is -1.12. The molecule has 0 unspecified atom stereocenters. The quantitative estimate of drug-likeness (QED) is 0.739. The topological polar surface area (TPSA) is 29.1 Å². The third kappa shape index (κ3) is 3.18. The molecule has 80 valence electrons. The number of nitrogens with one attached hydrogen (secondary N) is 1. The van der Waals surface area contributed by atoms with Gasteiger partial charge in [-0.1, -0.05) is 30.3 Å². The third-order valence-electron chi connectivity index (χ3n) is 2.34. The minimum Gasteiger partial charge on any atom is -0.312 e. The molecule has 2 rings (SSSR count). The molecule has 1 aromatic carbocycles. The highest BCUT2D eigenvalue weighted by atomic mass is 35.5. The first kappa shape index (κ1) is 12.0. The average Bonchev–Trinajstić information content (AvgIpc) is 2.23. The van der Waals surface area contributed by atoms with Crippen molar-refractivity contribution in [3.05, 3.63) is 41.5 Å². The Balaban J connectivity index is 0.00000112. The van der Waals surface area contributed by atoms with Crippen molar-refractivity contribution in [2.75, 3.05) is 13.1 Å². The van der Waals surface area contributed by atoms with E-state index in [1.807, 2.05) is 36.4 Å². The molecule has 0 bridgehead atoms. The summed E-state index contributed by atoms with van der Waals surface area (Å²) in [5.74, 6) is 0.271. The van der Waals surface area contributed by atoms with Crippen LogP contribution in [0.1, 0.15) is 12.0 Å². The monoisotopic (exact) mass is 223 g/mol. The van der Waals surface area contributed by atoms with Gasteiger partial charge in [0.05, 0.1) is 0 Å². The third-order valence-corrected chi connectivity index (χ3v) is 2.34. The molecule has 0 aliphatic carbocycles. The molecule has 1 aliphatic heterocycles. The maximum absolute atomic E-state index is 11.5. The Morgan fingerprint density at radius 1 is 1.20 bits per heavy atom. The maximum atomic E-state index is 11.5. The fraction of sp³-hybridized carbons (Fsp3) is 0.250. The van der Waals surface area contributed by atoms with E-state index in [2.05, 4.69) is 5.32 Å². The lowest BCUT2D eigenvalue weighted by molar-refractivity contribution is -0.116. The van der Waals surface area contributed by atoms with Gasteiger partial charge in [-0.2, -0.15) is 0 Å². The predicted molar refractivity (Wildman–Crippen MR) is 64.2 cm³/mol. The normalized spacial score (nSPS) is 18.7. The number of hydrogen-bond acceptors (Lipinski definition) is 2. The van der Waals surface area contributed by atoms with Crippen LogP contribution in [-0.4, -0.2) is 18.9 Å². The Morgan fingerprint density at radius 3 is 2.60 bits per heavy atom. The first-order valence-corrected chi connectivity index (χ1v) is 4.86. The van der Waals surface area contributed by atoms with E-state index in [4.69, 9.17) is 0 Å². The lowest BCUT2D eigenvalue weighted by Crippen LogP contribution is -2.30. The van der Waals surface area contributed by atoms with Crippen LogP contribution in [0.2, 0.25) is 0 Å². The molecule has 1 fully saturated rings. The number of piperidine rings is 1. The molecule has 0 spiro atoms. The molecule has 1 saturated heterocycles. The van der Waals surface area contributed by atoms with Gasteiger partial charge in [0.15, 0.2) is 5.78 Å². The van der Waals surface area contributed by atoms with Gasteiger partial charge in [0, 0.05) is 25.1 Å². The van der Waals surface area contributed by atoms with Crippen molar-refractivity contribution in [1.82, 2.24) is 5.32 Å². The smallest absolute Gasteiger partial charge is 0.161 e. The lowest BCUT2D eigenvalue weighted by Gasteiger charge is -2.13. The van der Waals surface area contributed by atoms with Crippen LogP contribution < -0.4 is 5.32 Å². The molecule has 0 aromatic heterocycles. The lowest BCUT2D eigenvalue weighted by atomic mass is 10.0. The fourth-order valence-electron chi connectivity index (χ4n) is 1.57. The van der Waals surface area contributed by atoms with Gasteiger partial charge < -0.3 is 5.32 Å². The summed E-state index contributed by atoms with van der Waals surface area (Å²) in [5.41, 5.74) is 1.99. The summed E-state index contributed by atoms with van der Waals surface area (Å²) in [6, 6.07) is 9.95. The number of ketones is 1. The van der Waals surface area contributed by atoms with Gasteiger partial charge in [-0.05, 0) is 11.6 Å². The second kappa shape index (κ2) is 5.69. The van der Waals surface area contributed by atoms with Crippen LogP contribution in [0, 0.1) is 0 Å². The van der Waals surface area contributed by atoms with Gasteiger partial charge >= 0.3 is 0 Å². The van der Waals surface area contributed by atoms with Crippen LogP contribution in [0.15, 0.2) is 35.9 Å². The van der Waals surface area contributed by atoms with E-state index in [1.165, 1.54) is 0 Å². The number of rotatable bonds is 1. The molecular weight excluding hydrogens is 210 g/mol. The Morgan fingerprint density at radius 2 is 1.93 bits per heavy atom. The minimum absolute atomic E-state index is 0. The molecule has 2 nitrogen and oxygen atoms in total. The summed E-state index contributed by atoms with van der Waals surface area (Å²) in [5, 5.41) is 3.20. The highest BCUT2D eigenvalue weighted by molar-refractivity contribution is 6.00. The molecule has 3 heteroatoms. The number of hydrogen-bond donors (Lipinski definition) is 1. The molecule has 1 N–H and O–H groups in total. The van der Waals surface area contributed by atoms with E-state index in [1.54, 1.807) is 0 Å². The predicted octanol–water partition coefficient (Wildman–Crippen LogP) is 2.05. The van der Waals surface area contributed by atoms with Gasteiger partial charge in [-0.3, -0.25) is 4.79 Å². The largest absolute Gasteiger partial charge is 0.312 e. The highest BCUT2D eigenvalue weighted by Gasteiger charge is 2.13. The van der Waals surface area contributed by atoms with E-state index >= 15 is 0 Å². The first-order valence-electron chi connectivity index (χ1n) is 4.86. The number of benzene rings is 1. The van der Waals surface area contributed by atoms with E-state index in [-0.39, 0.29) is 18.2 Å². The van der Waals surface area contributed by atoms with Crippen LogP contribution in [0.3, 0.4) is 0 Å². The van der Waals surface area contributed by atoms with Crippen molar-refractivity contribution in [2.45, 2.75) is 6.42 Å². The van der Waals surface area contributed by atoms with Crippen molar-refractivity contribution in [3.63, 3.8) is 0 Å². The first-order chi connectivity index (χ1) is 6.86. The van der Waals surface area contributed by atoms with Crippen LogP contribution >= 0.6 is 12.4 Å². The zero-order valence-corrected chi connectivity index (χ0v) is 9.22. The van der Waals surface area contributed by atoms with E-state index < -0.39 is 0 Å². The van der Waals surface area contributed by atoms with E-state index in [0.717, 1.165) is 17.7 Å². The molecule has 0 radical (unpaired) electrons.